The maximum atomic E-state index is 9.38. The maximum Gasteiger partial charge on any atom is 0.102 e. The topological polar surface area (TPSA) is 40.5 Å². The Morgan fingerprint density at radius 3 is 2.31 bits per heavy atom. The van der Waals surface area contributed by atoms with Crippen molar-refractivity contribution in [1.82, 2.24) is 0 Å². The van der Waals surface area contributed by atoms with Crippen LogP contribution in [0.5, 0.6) is 0 Å². The Hall–Kier alpha value is -1.30. The van der Waals surface area contributed by atoms with Crippen molar-refractivity contribution in [1.29, 1.82) is 0 Å². The van der Waals surface area contributed by atoms with E-state index in [9.17, 15) is 5.11 Å². The minimum atomic E-state index is -0.794. The molecule has 1 rings (SSSR count). The van der Waals surface area contributed by atoms with Crippen molar-refractivity contribution in [3.8, 4) is 11.8 Å². The van der Waals surface area contributed by atoms with Gasteiger partial charge in [-0.2, -0.15) is 0 Å². The molecule has 1 aromatic carbocycles. The third-order valence-electron chi connectivity index (χ3n) is 2.21. The summed E-state index contributed by atoms with van der Waals surface area (Å²) in [6.45, 7) is 4.02. The molecule has 0 fully saturated rings. The third-order valence-corrected chi connectivity index (χ3v) is 2.21. The summed E-state index contributed by atoms with van der Waals surface area (Å²) in [6.07, 6.45) is 0.0961. The predicted molar refractivity (Wildman–Crippen MR) is 64.8 cm³/mol. The Bertz CT molecular complexity index is 368. The van der Waals surface area contributed by atoms with Crippen molar-refractivity contribution >= 4 is 0 Å². The van der Waals surface area contributed by atoms with Gasteiger partial charge in [0.1, 0.15) is 6.10 Å². The Balaban J connectivity index is 2.67. The fourth-order valence-corrected chi connectivity index (χ4v) is 1.25. The van der Waals surface area contributed by atoms with Crippen molar-refractivity contribution < 1.29 is 10.2 Å². The molecular weight excluding hydrogens is 200 g/mol. The van der Waals surface area contributed by atoms with Gasteiger partial charge in [-0.3, -0.25) is 0 Å². The fraction of sp³-hybridized carbons (Fsp3) is 0.429. The minimum Gasteiger partial charge on any atom is -0.393 e. The SMILES string of the molecule is CC(C)CC#Cc1ccc(C(O)CO)cc1. The second kappa shape index (κ2) is 6.32. The summed E-state index contributed by atoms with van der Waals surface area (Å²) in [5, 5.41) is 18.2. The van der Waals surface area contributed by atoms with E-state index >= 15 is 0 Å². The molecule has 1 unspecified atom stereocenters. The van der Waals surface area contributed by atoms with Gasteiger partial charge in [-0.1, -0.05) is 37.8 Å². The lowest BCUT2D eigenvalue weighted by Crippen LogP contribution is -2.01. The molecule has 0 aliphatic heterocycles. The Labute approximate surface area is 96.9 Å². The first kappa shape index (κ1) is 12.8. The second-order valence-electron chi connectivity index (χ2n) is 4.22. The smallest absolute Gasteiger partial charge is 0.102 e. The first-order valence-corrected chi connectivity index (χ1v) is 5.51. The van der Waals surface area contributed by atoms with E-state index < -0.39 is 6.10 Å². The van der Waals surface area contributed by atoms with Gasteiger partial charge >= 0.3 is 0 Å². The molecule has 0 heterocycles. The van der Waals surface area contributed by atoms with E-state index in [1.807, 2.05) is 12.1 Å². The Morgan fingerprint density at radius 2 is 1.81 bits per heavy atom. The fourth-order valence-electron chi connectivity index (χ4n) is 1.25. The number of aliphatic hydroxyl groups is 2. The van der Waals surface area contributed by atoms with Crippen LogP contribution in [0.4, 0.5) is 0 Å². The molecule has 0 amide bonds. The van der Waals surface area contributed by atoms with Crippen molar-refractivity contribution in [2.75, 3.05) is 6.61 Å². The molecule has 1 atom stereocenters. The first-order chi connectivity index (χ1) is 7.63. The second-order valence-corrected chi connectivity index (χ2v) is 4.22. The van der Waals surface area contributed by atoms with E-state index in [0.717, 1.165) is 17.5 Å². The Morgan fingerprint density at radius 1 is 1.19 bits per heavy atom. The monoisotopic (exact) mass is 218 g/mol. The lowest BCUT2D eigenvalue weighted by molar-refractivity contribution is 0.0956. The normalized spacial score (nSPS) is 12.1. The van der Waals surface area contributed by atoms with Crippen LogP contribution in [0, 0.1) is 17.8 Å². The third kappa shape index (κ3) is 4.06. The number of hydrogen-bond acceptors (Lipinski definition) is 2. The summed E-state index contributed by atoms with van der Waals surface area (Å²) in [5.41, 5.74) is 1.66. The molecule has 16 heavy (non-hydrogen) atoms. The highest BCUT2D eigenvalue weighted by Gasteiger charge is 2.03. The van der Waals surface area contributed by atoms with Crippen molar-refractivity contribution in [2.45, 2.75) is 26.4 Å². The average molecular weight is 218 g/mol. The molecule has 2 N–H and O–H groups in total. The van der Waals surface area contributed by atoms with Crippen LogP contribution in [0.25, 0.3) is 0 Å². The van der Waals surface area contributed by atoms with Gasteiger partial charge in [0.15, 0.2) is 0 Å². The van der Waals surface area contributed by atoms with Gasteiger partial charge in [-0.05, 0) is 23.6 Å². The van der Waals surface area contributed by atoms with Crippen molar-refractivity contribution in [3.05, 3.63) is 35.4 Å². The van der Waals surface area contributed by atoms with E-state index in [1.54, 1.807) is 12.1 Å². The summed E-state index contributed by atoms with van der Waals surface area (Å²) in [5.74, 6) is 6.75. The van der Waals surface area contributed by atoms with Crippen LogP contribution in [0.1, 0.15) is 37.5 Å². The van der Waals surface area contributed by atoms with Crippen LogP contribution in [-0.4, -0.2) is 16.8 Å². The van der Waals surface area contributed by atoms with E-state index in [4.69, 9.17) is 5.11 Å². The van der Waals surface area contributed by atoms with Crippen LogP contribution in [0.15, 0.2) is 24.3 Å². The van der Waals surface area contributed by atoms with E-state index in [-0.39, 0.29) is 6.61 Å². The van der Waals surface area contributed by atoms with Crippen LogP contribution in [0.3, 0.4) is 0 Å². The summed E-state index contributed by atoms with van der Waals surface area (Å²) < 4.78 is 0. The summed E-state index contributed by atoms with van der Waals surface area (Å²) in [6, 6.07) is 7.31. The molecule has 1 aromatic rings. The molecule has 0 bridgehead atoms. The molecule has 2 heteroatoms. The Kier molecular flexibility index (Phi) is 5.04. The number of hydrogen-bond donors (Lipinski definition) is 2. The molecule has 0 radical (unpaired) electrons. The molecule has 0 saturated heterocycles. The summed E-state index contributed by atoms with van der Waals surface area (Å²) >= 11 is 0. The minimum absolute atomic E-state index is 0.252. The van der Waals surface area contributed by atoms with Gasteiger partial charge in [0.2, 0.25) is 0 Å². The van der Waals surface area contributed by atoms with E-state index in [0.29, 0.717) is 5.92 Å². The highest BCUT2D eigenvalue weighted by atomic mass is 16.3. The van der Waals surface area contributed by atoms with Gasteiger partial charge < -0.3 is 10.2 Å². The van der Waals surface area contributed by atoms with Gasteiger partial charge in [-0.25, -0.2) is 0 Å². The molecule has 0 aliphatic rings. The van der Waals surface area contributed by atoms with E-state index in [1.165, 1.54) is 0 Å². The molecule has 86 valence electrons. The number of rotatable bonds is 3. The first-order valence-electron chi connectivity index (χ1n) is 5.51. The lowest BCUT2D eigenvalue weighted by Gasteiger charge is -2.06. The van der Waals surface area contributed by atoms with Crippen LogP contribution < -0.4 is 0 Å². The largest absolute Gasteiger partial charge is 0.393 e. The maximum absolute atomic E-state index is 9.38. The van der Waals surface area contributed by atoms with Crippen LogP contribution in [-0.2, 0) is 0 Å². The summed E-state index contributed by atoms with van der Waals surface area (Å²) in [4.78, 5) is 0. The molecule has 0 saturated carbocycles. The molecule has 2 nitrogen and oxygen atoms in total. The van der Waals surface area contributed by atoms with Crippen molar-refractivity contribution in [3.63, 3.8) is 0 Å². The van der Waals surface area contributed by atoms with Gasteiger partial charge in [0.05, 0.1) is 6.61 Å². The standard InChI is InChI=1S/C14H18O2/c1-11(2)4-3-5-12-6-8-13(9-7-12)14(16)10-15/h6-9,11,14-16H,4,10H2,1-2H3. The number of aliphatic hydroxyl groups excluding tert-OH is 2. The summed E-state index contributed by atoms with van der Waals surface area (Å²) in [7, 11) is 0. The van der Waals surface area contributed by atoms with Crippen LogP contribution >= 0.6 is 0 Å². The highest BCUT2D eigenvalue weighted by molar-refractivity contribution is 5.36. The molecule has 0 spiro atoms. The lowest BCUT2D eigenvalue weighted by atomic mass is 10.1. The quantitative estimate of drug-likeness (QED) is 0.763. The number of benzene rings is 1. The van der Waals surface area contributed by atoms with Crippen molar-refractivity contribution in [2.24, 2.45) is 5.92 Å². The zero-order chi connectivity index (χ0) is 12.0. The molecular formula is C14H18O2. The molecule has 0 aliphatic carbocycles. The zero-order valence-corrected chi connectivity index (χ0v) is 9.77. The average Bonchev–Trinajstić information content (AvgIpc) is 2.28. The zero-order valence-electron chi connectivity index (χ0n) is 9.77. The van der Waals surface area contributed by atoms with E-state index in [2.05, 4.69) is 25.7 Å². The predicted octanol–water partition coefficient (Wildman–Crippen LogP) is 2.11. The highest BCUT2D eigenvalue weighted by Crippen LogP contribution is 2.12. The van der Waals surface area contributed by atoms with Crippen LogP contribution in [0.2, 0.25) is 0 Å². The van der Waals surface area contributed by atoms with Gasteiger partial charge in [0.25, 0.3) is 0 Å². The molecule has 0 aromatic heterocycles. The van der Waals surface area contributed by atoms with Gasteiger partial charge in [0, 0.05) is 12.0 Å². The van der Waals surface area contributed by atoms with Gasteiger partial charge in [-0.15, -0.1) is 0 Å².